The maximum absolute atomic E-state index is 13.5. The fraction of sp³-hybridized carbons (Fsp3) is 0.269. The lowest BCUT2D eigenvalue weighted by Crippen LogP contribution is -2.42. The van der Waals surface area contributed by atoms with Gasteiger partial charge in [0, 0.05) is 19.2 Å². The molecule has 3 N–H and O–H groups in total. The number of esters is 1. The van der Waals surface area contributed by atoms with Crippen molar-refractivity contribution in [1.82, 2.24) is 9.97 Å². The Kier molecular flexibility index (Phi) is 9.73. The van der Waals surface area contributed by atoms with Gasteiger partial charge in [0.15, 0.2) is 5.82 Å². The van der Waals surface area contributed by atoms with Crippen molar-refractivity contribution in [3.63, 3.8) is 0 Å². The minimum atomic E-state index is -4.60. The quantitative estimate of drug-likeness (QED) is 0.207. The fourth-order valence-electron chi connectivity index (χ4n) is 3.56. The summed E-state index contributed by atoms with van der Waals surface area (Å²) in [4.78, 5) is 35.1. The number of ether oxygens (including phenoxy) is 1. The van der Waals surface area contributed by atoms with E-state index in [1.54, 1.807) is 30.5 Å². The topological polar surface area (TPSA) is 134 Å². The van der Waals surface area contributed by atoms with E-state index in [1.807, 2.05) is 12.1 Å². The van der Waals surface area contributed by atoms with Gasteiger partial charge in [-0.1, -0.05) is 36.4 Å². The number of nitriles is 1. The summed E-state index contributed by atoms with van der Waals surface area (Å²) in [5.74, 6) is -1.45. The van der Waals surface area contributed by atoms with Crippen LogP contribution in [0.2, 0.25) is 0 Å². The van der Waals surface area contributed by atoms with Crippen LogP contribution in [0, 0.1) is 11.3 Å². The second-order valence-corrected chi connectivity index (χ2v) is 9.05. The van der Waals surface area contributed by atoms with E-state index >= 15 is 0 Å². The van der Waals surface area contributed by atoms with Gasteiger partial charge >= 0.3 is 12.1 Å². The summed E-state index contributed by atoms with van der Waals surface area (Å²) in [6, 6.07) is 14.1. The van der Waals surface area contributed by atoms with Crippen LogP contribution in [0.1, 0.15) is 29.5 Å². The number of nitrogen functional groups attached to an aromatic ring is 1. The summed E-state index contributed by atoms with van der Waals surface area (Å²) in [6.07, 6.45) is -3.24. The fourth-order valence-corrected chi connectivity index (χ4v) is 4.09. The summed E-state index contributed by atoms with van der Waals surface area (Å²) < 4.78 is 45.0. The number of likely N-dealkylation sites (N-methyl/N-ethyl adjacent to an activating group) is 1. The van der Waals surface area contributed by atoms with Crippen molar-refractivity contribution < 1.29 is 27.5 Å². The number of benzene rings is 2. The van der Waals surface area contributed by atoms with E-state index in [0.717, 1.165) is 34.4 Å². The Bertz CT molecular complexity index is 1370. The largest absolute Gasteiger partial charge is 0.461 e. The lowest BCUT2D eigenvalue weighted by Gasteiger charge is -2.26. The molecule has 9 nitrogen and oxygen atoms in total. The zero-order valence-corrected chi connectivity index (χ0v) is 21.8. The highest BCUT2D eigenvalue weighted by Crippen LogP contribution is 2.32. The summed E-state index contributed by atoms with van der Waals surface area (Å²) in [6.45, 7) is 0.0357. The highest BCUT2D eigenvalue weighted by molar-refractivity contribution is 7.98. The highest BCUT2D eigenvalue weighted by atomic mass is 32.2. The van der Waals surface area contributed by atoms with Crippen LogP contribution in [-0.4, -0.2) is 41.2 Å². The minimum absolute atomic E-state index is 0.0132. The van der Waals surface area contributed by atoms with E-state index in [0.29, 0.717) is 0 Å². The van der Waals surface area contributed by atoms with Crippen molar-refractivity contribution in [2.75, 3.05) is 29.3 Å². The number of aromatic nitrogens is 2. The van der Waals surface area contributed by atoms with Crippen molar-refractivity contribution in [2.24, 2.45) is 0 Å². The molecule has 3 rings (SSSR count). The number of halogens is 3. The maximum atomic E-state index is 13.5. The number of nitrogens with two attached hydrogens (primary N) is 1. The molecule has 39 heavy (non-hydrogen) atoms. The van der Waals surface area contributed by atoms with E-state index < -0.39 is 29.7 Å². The molecule has 0 radical (unpaired) electrons. The molecular formula is C26H25F3N6O3S. The van der Waals surface area contributed by atoms with Crippen LogP contribution in [0.25, 0.3) is 0 Å². The van der Waals surface area contributed by atoms with Crippen molar-refractivity contribution in [3.8, 4) is 6.07 Å². The zero-order valence-electron chi connectivity index (χ0n) is 21.0. The molecule has 2 aromatic carbocycles. The molecule has 204 valence electrons. The van der Waals surface area contributed by atoms with Gasteiger partial charge in [0.05, 0.1) is 5.56 Å². The number of nitrogens with one attached hydrogen (secondary N) is 1. The Balaban J connectivity index is 1.86. The predicted octanol–water partition coefficient (Wildman–Crippen LogP) is 4.64. The first-order valence-electron chi connectivity index (χ1n) is 11.6. The Morgan fingerprint density at radius 3 is 2.54 bits per heavy atom. The number of hydrogen-bond acceptors (Lipinski definition) is 9. The number of hydrogen-bond donors (Lipinski definition) is 2. The van der Waals surface area contributed by atoms with Gasteiger partial charge in [-0.15, -0.1) is 11.8 Å². The normalized spacial score (nSPS) is 11.8. The molecule has 0 fully saturated rings. The molecule has 1 amide bonds. The Hall–Kier alpha value is -4.31. The van der Waals surface area contributed by atoms with Crippen LogP contribution in [0.15, 0.2) is 59.6 Å². The lowest BCUT2D eigenvalue weighted by atomic mass is 10.1. The van der Waals surface area contributed by atoms with Crippen molar-refractivity contribution in [3.05, 3.63) is 71.3 Å². The van der Waals surface area contributed by atoms with Crippen LogP contribution < -0.4 is 16.0 Å². The third-order valence-corrected chi connectivity index (χ3v) is 6.26. The average Bonchev–Trinajstić information content (AvgIpc) is 2.93. The van der Waals surface area contributed by atoms with Crippen LogP contribution in [0.3, 0.4) is 0 Å². The van der Waals surface area contributed by atoms with E-state index in [9.17, 15) is 28.0 Å². The number of nitrogens with zero attached hydrogens (tertiary/aromatic N) is 4. The third-order valence-electron chi connectivity index (χ3n) is 5.58. The summed E-state index contributed by atoms with van der Waals surface area (Å²) in [5.41, 5.74) is 5.65. The minimum Gasteiger partial charge on any atom is -0.461 e. The Labute approximate surface area is 227 Å². The number of alkyl halides is 3. The van der Waals surface area contributed by atoms with Gasteiger partial charge in [0.25, 0.3) is 0 Å². The molecule has 1 aromatic heterocycles. The van der Waals surface area contributed by atoms with Gasteiger partial charge in [-0.2, -0.15) is 23.4 Å². The second kappa shape index (κ2) is 13.0. The van der Waals surface area contributed by atoms with Gasteiger partial charge in [-0.25, -0.2) is 4.98 Å². The number of rotatable bonds is 10. The molecular weight excluding hydrogens is 533 g/mol. The van der Waals surface area contributed by atoms with Gasteiger partial charge < -0.3 is 20.7 Å². The van der Waals surface area contributed by atoms with Crippen molar-refractivity contribution >= 4 is 41.1 Å². The molecule has 0 spiro atoms. The van der Waals surface area contributed by atoms with Gasteiger partial charge in [0.2, 0.25) is 11.9 Å². The molecule has 3 aromatic rings. The molecule has 0 bridgehead atoms. The van der Waals surface area contributed by atoms with Crippen molar-refractivity contribution in [1.29, 1.82) is 5.26 Å². The van der Waals surface area contributed by atoms with Crippen LogP contribution in [0.5, 0.6) is 0 Å². The monoisotopic (exact) mass is 558 g/mol. The number of carbonyl (C=O) groups is 2. The van der Waals surface area contributed by atoms with E-state index in [1.165, 1.54) is 19.2 Å². The van der Waals surface area contributed by atoms with Gasteiger partial charge in [-0.05, 0) is 36.4 Å². The molecule has 1 heterocycles. The van der Waals surface area contributed by atoms with Crippen LogP contribution in [0.4, 0.5) is 30.6 Å². The molecule has 0 aliphatic carbocycles. The molecule has 1 atom stereocenters. The highest BCUT2D eigenvalue weighted by Gasteiger charge is 2.32. The molecule has 0 saturated heterocycles. The van der Waals surface area contributed by atoms with Gasteiger partial charge in [-0.3, -0.25) is 9.59 Å². The first kappa shape index (κ1) is 29.2. The summed E-state index contributed by atoms with van der Waals surface area (Å²) in [7, 11) is 1.31. The van der Waals surface area contributed by atoms with E-state index in [4.69, 9.17) is 10.5 Å². The zero-order chi connectivity index (χ0) is 28.6. The molecule has 0 aliphatic heterocycles. The molecule has 0 saturated carbocycles. The SMILES string of the molecule is CSc1nc(N)nc(N[C@@H](CCC(=O)OCc2ccccc2)C(=O)N(C)c2cccc(C(F)(F)F)c2)c1C#N. The molecule has 0 aliphatic rings. The second-order valence-electron chi connectivity index (χ2n) is 8.25. The number of thioether (sulfide) groups is 1. The van der Waals surface area contributed by atoms with E-state index in [2.05, 4.69) is 15.3 Å². The van der Waals surface area contributed by atoms with Crippen LogP contribution >= 0.6 is 11.8 Å². The first-order valence-corrected chi connectivity index (χ1v) is 12.8. The standard InChI is InChI=1S/C26H25F3N6O3S/c1-35(18-10-6-9-17(13-18)26(27,28)29)24(37)20(11-12-21(36)38-15-16-7-4-3-5-8-16)32-22-19(14-30)23(39-2)34-25(31)33-22/h3-10,13,20H,11-12,15H2,1-2H3,(H3,31,32,33,34)/t20-/m0/s1. The average molecular weight is 559 g/mol. The maximum Gasteiger partial charge on any atom is 0.416 e. The van der Waals surface area contributed by atoms with Gasteiger partial charge in [0.1, 0.15) is 29.3 Å². The van der Waals surface area contributed by atoms with Crippen LogP contribution in [-0.2, 0) is 27.1 Å². The predicted molar refractivity (Wildman–Crippen MR) is 141 cm³/mol. The first-order chi connectivity index (χ1) is 18.5. The third kappa shape index (κ3) is 7.84. The summed E-state index contributed by atoms with van der Waals surface area (Å²) >= 11 is 1.14. The smallest absolute Gasteiger partial charge is 0.416 e. The number of anilines is 3. The number of carbonyl (C=O) groups excluding carboxylic acids is 2. The van der Waals surface area contributed by atoms with E-state index in [-0.39, 0.29) is 47.5 Å². The molecule has 13 heteroatoms. The lowest BCUT2D eigenvalue weighted by molar-refractivity contribution is -0.145. The van der Waals surface area contributed by atoms with Crippen molar-refractivity contribution in [2.45, 2.75) is 36.7 Å². The Morgan fingerprint density at radius 2 is 1.90 bits per heavy atom. The molecule has 0 unspecified atom stereocenters. The Morgan fingerprint density at radius 1 is 1.18 bits per heavy atom. The number of amides is 1. The summed E-state index contributed by atoms with van der Waals surface area (Å²) in [5, 5.41) is 12.8.